The first-order valence-electron chi connectivity index (χ1n) is 5.76. The third-order valence-corrected chi connectivity index (χ3v) is 2.95. The molecule has 1 aromatic heterocycles. The maximum atomic E-state index is 10.8. The first kappa shape index (κ1) is 11.6. The summed E-state index contributed by atoms with van der Waals surface area (Å²) in [5.41, 5.74) is 1.46. The van der Waals surface area contributed by atoms with Crippen molar-refractivity contribution in [3.63, 3.8) is 0 Å². The number of carboxylic acid groups (broad SMARTS) is 1. The molecule has 6 heteroatoms. The lowest BCUT2D eigenvalue weighted by Gasteiger charge is -2.21. The van der Waals surface area contributed by atoms with E-state index in [2.05, 4.69) is 5.16 Å². The number of carbonyl (C=O) groups is 1. The van der Waals surface area contributed by atoms with E-state index >= 15 is 0 Å². The minimum Gasteiger partial charge on any atom is -0.486 e. The minimum absolute atomic E-state index is 0.121. The SMILES string of the molecule is Cc1c(-c2cc(C(=O)O)no2)ccc2c1OCCO2. The molecule has 0 saturated carbocycles. The Hall–Kier alpha value is -2.50. The van der Waals surface area contributed by atoms with Crippen LogP contribution in [-0.4, -0.2) is 29.4 Å². The molecule has 1 aromatic carbocycles. The Labute approximate surface area is 108 Å². The largest absolute Gasteiger partial charge is 0.486 e. The topological polar surface area (TPSA) is 81.8 Å². The van der Waals surface area contributed by atoms with Crippen LogP contribution in [0.15, 0.2) is 22.7 Å². The summed E-state index contributed by atoms with van der Waals surface area (Å²) in [6.07, 6.45) is 0. The van der Waals surface area contributed by atoms with E-state index in [1.54, 1.807) is 12.1 Å². The highest BCUT2D eigenvalue weighted by molar-refractivity contribution is 5.86. The van der Waals surface area contributed by atoms with Gasteiger partial charge in [-0.3, -0.25) is 0 Å². The molecule has 2 heterocycles. The average Bonchev–Trinajstić information content (AvgIpc) is 2.89. The van der Waals surface area contributed by atoms with Crippen molar-refractivity contribution in [2.75, 3.05) is 13.2 Å². The summed E-state index contributed by atoms with van der Waals surface area (Å²) < 4.78 is 16.1. The molecule has 1 aliphatic heterocycles. The number of hydrogen-bond acceptors (Lipinski definition) is 5. The molecule has 0 amide bonds. The van der Waals surface area contributed by atoms with E-state index in [1.165, 1.54) is 6.07 Å². The number of nitrogens with zero attached hydrogens (tertiary/aromatic N) is 1. The number of aromatic nitrogens is 1. The maximum absolute atomic E-state index is 10.8. The van der Waals surface area contributed by atoms with Crippen molar-refractivity contribution in [3.05, 3.63) is 29.5 Å². The molecular weight excluding hydrogens is 250 g/mol. The predicted molar refractivity (Wildman–Crippen MR) is 64.6 cm³/mol. The molecule has 0 fully saturated rings. The molecule has 3 rings (SSSR count). The summed E-state index contributed by atoms with van der Waals surface area (Å²) in [4.78, 5) is 10.8. The summed E-state index contributed by atoms with van der Waals surface area (Å²) in [7, 11) is 0. The molecule has 0 unspecified atom stereocenters. The van der Waals surface area contributed by atoms with Crippen molar-refractivity contribution >= 4 is 5.97 Å². The lowest BCUT2D eigenvalue weighted by molar-refractivity contribution is 0.0686. The molecule has 0 saturated heterocycles. The van der Waals surface area contributed by atoms with Crippen LogP contribution in [-0.2, 0) is 0 Å². The molecule has 0 aliphatic carbocycles. The van der Waals surface area contributed by atoms with Crippen LogP contribution in [0.2, 0.25) is 0 Å². The Bertz CT molecular complexity index is 646. The second kappa shape index (κ2) is 4.31. The highest BCUT2D eigenvalue weighted by Crippen LogP contribution is 2.39. The van der Waals surface area contributed by atoms with Gasteiger partial charge in [-0.2, -0.15) is 0 Å². The highest BCUT2D eigenvalue weighted by Gasteiger charge is 2.20. The van der Waals surface area contributed by atoms with E-state index in [9.17, 15) is 4.79 Å². The smallest absolute Gasteiger partial charge is 0.358 e. The second-order valence-electron chi connectivity index (χ2n) is 4.14. The van der Waals surface area contributed by atoms with E-state index in [0.717, 1.165) is 11.1 Å². The van der Waals surface area contributed by atoms with Crippen molar-refractivity contribution in [1.82, 2.24) is 5.16 Å². The van der Waals surface area contributed by atoms with Gasteiger partial charge in [0.2, 0.25) is 0 Å². The molecule has 0 bridgehead atoms. The quantitative estimate of drug-likeness (QED) is 0.891. The monoisotopic (exact) mass is 261 g/mol. The molecule has 98 valence electrons. The van der Waals surface area contributed by atoms with Crippen LogP contribution < -0.4 is 9.47 Å². The van der Waals surface area contributed by atoms with Crippen molar-refractivity contribution < 1.29 is 23.9 Å². The number of carboxylic acids is 1. The van der Waals surface area contributed by atoms with Crippen molar-refractivity contribution in [1.29, 1.82) is 0 Å². The minimum atomic E-state index is -1.12. The van der Waals surface area contributed by atoms with Gasteiger partial charge in [0.05, 0.1) is 0 Å². The van der Waals surface area contributed by atoms with Crippen molar-refractivity contribution in [2.24, 2.45) is 0 Å². The predicted octanol–water partition coefficient (Wildman–Crippen LogP) is 2.12. The number of ether oxygens (including phenoxy) is 2. The Morgan fingerprint density at radius 2 is 2.11 bits per heavy atom. The summed E-state index contributed by atoms with van der Waals surface area (Å²) in [6, 6.07) is 4.97. The second-order valence-corrected chi connectivity index (χ2v) is 4.14. The zero-order valence-corrected chi connectivity index (χ0v) is 10.2. The van der Waals surface area contributed by atoms with E-state index < -0.39 is 5.97 Å². The molecule has 2 aromatic rings. The van der Waals surface area contributed by atoms with Gasteiger partial charge in [0, 0.05) is 17.2 Å². The summed E-state index contributed by atoms with van der Waals surface area (Å²) in [5, 5.41) is 12.3. The first-order valence-corrected chi connectivity index (χ1v) is 5.76. The van der Waals surface area contributed by atoms with Crippen LogP contribution in [0.3, 0.4) is 0 Å². The third kappa shape index (κ3) is 1.91. The summed E-state index contributed by atoms with van der Waals surface area (Å²) in [5.74, 6) is 0.625. The van der Waals surface area contributed by atoms with E-state index in [4.69, 9.17) is 19.1 Å². The molecule has 1 N–H and O–H groups in total. The van der Waals surface area contributed by atoms with Gasteiger partial charge in [-0.15, -0.1) is 0 Å². The summed E-state index contributed by atoms with van der Waals surface area (Å²) >= 11 is 0. The maximum Gasteiger partial charge on any atom is 0.358 e. The zero-order chi connectivity index (χ0) is 13.4. The lowest BCUT2D eigenvalue weighted by atomic mass is 10.0. The van der Waals surface area contributed by atoms with Gasteiger partial charge in [-0.25, -0.2) is 4.79 Å². The average molecular weight is 261 g/mol. The van der Waals surface area contributed by atoms with Gasteiger partial charge in [-0.05, 0) is 19.1 Å². The lowest BCUT2D eigenvalue weighted by Crippen LogP contribution is -2.16. The number of rotatable bonds is 2. The molecule has 0 atom stereocenters. The number of aromatic carboxylic acids is 1. The van der Waals surface area contributed by atoms with Gasteiger partial charge in [0.25, 0.3) is 0 Å². The van der Waals surface area contributed by atoms with E-state index in [-0.39, 0.29) is 5.69 Å². The van der Waals surface area contributed by atoms with Gasteiger partial charge in [0.15, 0.2) is 23.0 Å². The van der Waals surface area contributed by atoms with Gasteiger partial charge >= 0.3 is 5.97 Å². The Morgan fingerprint density at radius 1 is 1.32 bits per heavy atom. The normalized spacial score (nSPS) is 13.3. The fourth-order valence-electron chi connectivity index (χ4n) is 2.03. The fourth-order valence-corrected chi connectivity index (χ4v) is 2.03. The van der Waals surface area contributed by atoms with Crippen LogP contribution in [0.1, 0.15) is 16.1 Å². The summed E-state index contributed by atoms with van der Waals surface area (Å²) in [6.45, 7) is 2.89. The molecule has 0 spiro atoms. The Morgan fingerprint density at radius 3 is 2.84 bits per heavy atom. The van der Waals surface area contributed by atoms with Crippen molar-refractivity contribution in [2.45, 2.75) is 6.92 Å². The Balaban J connectivity index is 2.07. The van der Waals surface area contributed by atoms with Crippen LogP contribution in [0.25, 0.3) is 11.3 Å². The molecule has 19 heavy (non-hydrogen) atoms. The van der Waals surface area contributed by atoms with Crippen LogP contribution in [0.4, 0.5) is 0 Å². The Kier molecular flexibility index (Phi) is 2.63. The highest BCUT2D eigenvalue weighted by atomic mass is 16.6. The number of fused-ring (bicyclic) bond motifs is 1. The van der Waals surface area contributed by atoms with Crippen LogP contribution in [0, 0.1) is 6.92 Å². The van der Waals surface area contributed by atoms with E-state index in [1.807, 2.05) is 6.92 Å². The third-order valence-electron chi connectivity index (χ3n) is 2.95. The molecule has 0 radical (unpaired) electrons. The standard InChI is InChI=1S/C13H11NO5/c1-7-8(11-6-9(13(15)16)14-19-11)2-3-10-12(7)18-5-4-17-10/h2-3,6H,4-5H2,1H3,(H,15,16). The molecular formula is C13H11NO5. The molecule has 1 aliphatic rings. The van der Waals surface area contributed by atoms with Gasteiger partial charge < -0.3 is 19.1 Å². The van der Waals surface area contributed by atoms with Crippen LogP contribution in [0.5, 0.6) is 11.5 Å². The van der Waals surface area contributed by atoms with Crippen molar-refractivity contribution in [3.8, 4) is 22.8 Å². The number of benzene rings is 1. The number of hydrogen-bond donors (Lipinski definition) is 1. The van der Waals surface area contributed by atoms with Gasteiger partial charge in [-0.1, -0.05) is 5.16 Å². The zero-order valence-electron chi connectivity index (χ0n) is 10.2. The van der Waals surface area contributed by atoms with E-state index in [0.29, 0.717) is 30.5 Å². The van der Waals surface area contributed by atoms with Crippen LogP contribution >= 0.6 is 0 Å². The van der Waals surface area contributed by atoms with Gasteiger partial charge in [0.1, 0.15) is 13.2 Å². The fraction of sp³-hybridized carbons (Fsp3) is 0.231. The first-order chi connectivity index (χ1) is 9.16. The molecule has 6 nitrogen and oxygen atoms in total.